The van der Waals surface area contributed by atoms with Gasteiger partial charge in [-0.25, -0.2) is 4.98 Å². The zero-order valence-corrected chi connectivity index (χ0v) is 15.4. The normalized spacial score (nSPS) is 11.0. The van der Waals surface area contributed by atoms with Crippen LogP contribution >= 0.6 is 0 Å². The Hall–Kier alpha value is -2.62. The molecular formula is C22H27N3O. The molecule has 3 rings (SSSR count). The largest absolute Gasteiger partial charge is 0.352 e. The topological polar surface area (TPSA) is 46.4 Å². The van der Waals surface area contributed by atoms with Gasteiger partial charge in [0.15, 0.2) is 0 Å². The Kier molecular flexibility index (Phi) is 6.42. The molecule has 1 aromatic carbocycles. The van der Waals surface area contributed by atoms with Crippen LogP contribution in [0.15, 0.2) is 54.9 Å². The van der Waals surface area contributed by atoms with Crippen molar-refractivity contribution in [3.8, 4) is 11.3 Å². The van der Waals surface area contributed by atoms with E-state index in [-0.39, 0.29) is 5.91 Å². The van der Waals surface area contributed by atoms with Crippen molar-refractivity contribution in [3.63, 3.8) is 0 Å². The Bertz CT molecular complexity index is 839. The minimum Gasteiger partial charge on any atom is -0.352 e. The second-order valence-corrected chi connectivity index (χ2v) is 6.70. The van der Waals surface area contributed by atoms with Gasteiger partial charge in [0.05, 0.1) is 5.69 Å². The Morgan fingerprint density at radius 2 is 1.81 bits per heavy atom. The van der Waals surface area contributed by atoms with Crippen molar-refractivity contribution in [1.29, 1.82) is 0 Å². The number of unbranched alkanes of at least 4 members (excludes halogenated alkanes) is 5. The average Bonchev–Trinajstić information content (AvgIpc) is 3.11. The highest BCUT2D eigenvalue weighted by atomic mass is 16.1. The molecule has 0 saturated heterocycles. The van der Waals surface area contributed by atoms with Gasteiger partial charge in [0.1, 0.15) is 5.65 Å². The maximum Gasteiger partial charge on any atom is 0.251 e. The van der Waals surface area contributed by atoms with Gasteiger partial charge in [-0.1, -0.05) is 69.4 Å². The van der Waals surface area contributed by atoms with Crippen LogP contribution in [0.1, 0.15) is 55.8 Å². The number of carbonyl (C=O) groups is 1. The van der Waals surface area contributed by atoms with E-state index in [1.54, 1.807) is 0 Å². The second kappa shape index (κ2) is 9.18. The average molecular weight is 349 g/mol. The Morgan fingerprint density at radius 1 is 1.04 bits per heavy atom. The Balaban J connectivity index is 1.57. The molecule has 4 heteroatoms. The van der Waals surface area contributed by atoms with Crippen molar-refractivity contribution in [2.45, 2.75) is 45.4 Å². The Morgan fingerprint density at radius 3 is 2.62 bits per heavy atom. The first kappa shape index (κ1) is 18.2. The van der Waals surface area contributed by atoms with Crippen LogP contribution in [0.4, 0.5) is 0 Å². The van der Waals surface area contributed by atoms with Crippen molar-refractivity contribution >= 4 is 11.6 Å². The van der Waals surface area contributed by atoms with E-state index >= 15 is 0 Å². The number of benzene rings is 1. The van der Waals surface area contributed by atoms with Crippen LogP contribution in [-0.4, -0.2) is 21.8 Å². The maximum absolute atomic E-state index is 12.4. The number of rotatable bonds is 9. The molecule has 0 fully saturated rings. The fourth-order valence-corrected chi connectivity index (χ4v) is 3.08. The van der Waals surface area contributed by atoms with E-state index in [1.807, 2.05) is 59.3 Å². The van der Waals surface area contributed by atoms with Gasteiger partial charge in [-0.05, 0) is 18.6 Å². The molecule has 0 bridgehead atoms. The van der Waals surface area contributed by atoms with Crippen LogP contribution in [0.25, 0.3) is 16.9 Å². The molecule has 3 aromatic rings. The smallest absolute Gasteiger partial charge is 0.251 e. The molecule has 0 saturated carbocycles. The molecule has 0 radical (unpaired) electrons. The molecule has 0 atom stereocenters. The van der Waals surface area contributed by atoms with Crippen molar-refractivity contribution in [3.05, 3.63) is 60.4 Å². The van der Waals surface area contributed by atoms with Crippen molar-refractivity contribution in [2.75, 3.05) is 6.54 Å². The van der Waals surface area contributed by atoms with E-state index in [2.05, 4.69) is 17.2 Å². The van der Waals surface area contributed by atoms with Gasteiger partial charge in [0.2, 0.25) is 0 Å². The van der Waals surface area contributed by atoms with Gasteiger partial charge in [0, 0.05) is 30.1 Å². The fraction of sp³-hybridized carbons (Fsp3) is 0.364. The highest BCUT2D eigenvalue weighted by Gasteiger charge is 2.09. The standard InChI is InChI=1S/C22H27N3O/c1-2-3-4-5-6-10-14-23-22(26)19-13-15-25-17-20(24-21(25)16-19)18-11-8-7-9-12-18/h7-9,11-13,15-17H,2-6,10,14H2,1H3,(H,23,26). The number of imidazole rings is 1. The predicted octanol–water partition coefficient (Wildman–Crippen LogP) is 5.09. The van der Waals surface area contributed by atoms with E-state index in [1.165, 1.54) is 32.1 Å². The Labute approximate surface area is 155 Å². The zero-order chi connectivity index (χ0) is 18.2. The summed E-state index contributed by atoms with van der Waals surface area (Å²) in [4.78, 5) is 17.0. The van der Waals surface area contributed by atoms with Crippen molar-refractivity contribution in [1.82, 2.24) is 14.7 Å². The lowest BCUT2D eigenvalue weighted by atomic mass is 10.1. The molecule has 4 nitrogen and oxygen atoms in total. The van der Waals surface area contributed by atoms with Gasteiger partial charge >= 0.3 is 0 Å². The molecule has 0 aliphatic heterocycles. The van der Waals surface area contributed by atoms with E-state index in [0.717, 1.165) is 29.9 Å². The third kappa shape index (κ3) is 4.72. The second-order valence-electron chi connectivity index (χ2n) is 6.70. The van der Waals surface area contributed by atoms with Crippen LogP contribution < -0.4 is 5.32 Å². The van der Waals surface area contributed by atoms with Crippen LogP contribution in [0.2, 0.25) is 0 Å². The minimum absolute atomic E-state index is 0.0229. The quantitative estimate of drug-likeness (QED) is 0.547. The third-order valence-electron chi connectivity index (χ3n) is 4.61. The lowest BCUT2D eigenvalue weighted by molar-refractivity contribution is 0.0953. The van der Waals surface area contributed by atoms with Gasteiger partial charge in [0.25, 0.3) is 5.91 Å². The molecule has 26 heavy (non-hydrogen) atoms. The van der Waals surface area contributed by atoms with E-state index in [4.69, 9.17) is 0 Å². The van der Waals surface area contributed by atoms with Crippen LogP contribution in [0, 0.1) is 0 Å². The van der Waals surface area contributed by atoms with Crippen molar-refractivity contribution in [2.24, 2.45) is 0 Å². The summed E-state index contributed by atoms with van der Waals surface area (Å²) in [5.74, 6) is -0.0229. The number of aromatic nitrogens is 2. The molecule has 1 N–H and O–H groups in total. The monoisotopic (exact) mass is 349 g/mol. The highest BCUT2D eigenvalue weighted by molar-refractivity contribution is 5.95. The number of pyridine rings is 1. The summed E-state index contributed by atoms with van der Waals surface area (Å²) in [6.07, 6.45) is 11.2. The molecule has 136 valence electrons. The maximum atomic E-state index is 12.4. The van der Waals surface area contributed by atoms with Crippen molar-refractivity contribution < 1.29 is 4.79 Å². The van der Waals surface area contributed by atoms with Crippen LogP contribution in [0.5, 0.6) is 0 Å². The van der Waals surface area contributed by atoms with Crippen LogP contribution in [0.3, 0.4) is 0 Å². The number of carbonyl (C=O) groups excluding carboxylic acids is 1. The molecule has 1 amide bonds. The van der Waals surface area contributed by atoms with Crippen LogP contribution in [-0.2, 0) is 0 Å². The summed E-state index contributed by atoms with van der Waals surface area (Å²) < 4.78 is 1.95. The third-order valence-corrected chi connectivity index (χ3v) is 4.61. The first-order valence-electron chi connectivity index (χ1n) is 9.60. The number of nitrogens with zero attached hydrogens (tertiary/aromatic N) is 2. The summed E-state index contributed by atoms with van der Waals surface area (Å²) in [5.41, 5.74) is 3.44. The fourth-order valence-electron chi connectivity index (χ4n) is 3.08. The molecule has 0 unspecified atom stereocenters. The van der Waals surface area contributed by atoms with E-state index in [9.17, 15) is 4.79 Å². The number of amides is 1. The molecule has 0 aliphatic carbocycles. The number of hydrogen-bond acceptors (Lipinski definition) is 2. The zero-order valence-electron chi connectivity index (χ0n) is 15.4. The van der Waals surface area contributed by atoms with E-state index in [0.29, 0.717) is 5.56 Å². The SMILES string of the molecule is CCCCCCCCNC(=O)c1ccn2cc(-c3ccccc3)nc2c1. The minimum atomic E-state index is -0.0229. The highest BCUT2D eigenvalue weighted by Crippen LogP contribution is 2.19. The molecule has 0 spiro atoms. The number of fused-ring (bicyclic) bond motifs is 1. The molecule has 2 aromatic heterocycles. The van der Waals surface area contributed by atoms with Gasteiger partial charge in [-0.3, -0.25) is 4.79 Å². The summed E-state index contributed by atoms with van der Waals surface area (Å²) in [6.45, 7) is 2.96. The van der Waals surface area contributed by atoms with Gasteiger partial charge in [-0.2, -0.15) is 0 Å². The number of nitrogens with one attached hydrogen (secondary N) is 1. The molecule has 2 heterocycles. The first-order valence-corrected chi connectivity index (χ1v) is 9.60. The summed E-state index contributed by atoms with van der Waals surface area (Å²) >= 11 is 0. The number of hydrogen-bond donors (Lipinski definition) is 1. The summed E-state index contributed by atoms with van der Waals surface area (Å²) in [6, 6.07) is 13.8. The lowest BCUT2D eigenvalue weighted by Gasteiger charge is -2.05. The molecular weight excluding hydrogens is 322 g/mol. The van der Waals surface area contributed by atoms with Gasteiger partial charge < -0.3 is 9.72 Å². The van der Waals surface area contributed by atoms with Gasteiger partial charge in [-0.15, -0.1) is 0 Å². The summed E-state index contributed by atoms with van der Waals surface area (Å²) in [5, 5.41) is 3.02. The first-order chi connectivity index (χ1) is 12.8. The lowest BCUT2D eigenvalue weighted by Crippen LogP contribution is -2.24. The van der Waals surface area contributed by atoms with E-state index < -0.39 is 0 Å². The molecule has 0 aliphatic rings. The predicted molar refractivity (Wildman–Crippen MR) is 106 cm³/mol. The summed E-state index contributed by atoms with van der Waals surface area (Å²) in [7, 11) is 0.